The number of carbonyl (C=O) groups is 2. The van der Waals surface area contributed by atoms with Gasteiger partial charge in [-0.05, 0) is 25.0 Å². The monoisotopic (exact) mass is 250 g/mol. The van der Waals surface area contributed by atoms with Gasteiger partial charge in [-0.3, -0.25) is 4.79 Å². The largest absolute Gasteiger partial charge is 0.507 e. The van der Waals surface area contributed by atoms with Crippen LogP contribution in [0.1, 0.15) is 20.8 Å². The minimum Gasteiger partial charge on any atom is -0.507 e. The van der Waals surface area contributed by atoms with Crippen molar-refractivity contribution in [3.63, 3.8) is 0 Å². The molecule has 5 heteroatoms. The third kappa shape index (κ3) is 1.54. The van der Waals surface area contributed by atoms with Crippen molar-refractivity contribution >= 4 is 11.8 Å². The first-order chi connectivity index (χ1) is 8.36. The van der Waals surface area contributed by atoms with E-state index < -0.39 is 23.1 Å². The summed E-state index contributed by atoms with van der Waals surface area (Å²) in [5, 5.41) is 18.8. The van der Waals surface area contributed by atoms with Gasteiger partial charge in [0.15, 0.2) is 0 Å². The van der Waals surface area contributed by atoms with Crippen molar-refractivity contribution in [3.8, 4) is 0 Å². The van der Waals surface area contributed by atoms with Crippen molar-refractivity contribution in [1.82, 2.24) is 0 Å². The fourth-order valence-corrected chi connectivity index (χ4v) is 2.31. The Morgan fingerprint density at radius 1 is 1.39 bits per heavy atom. The SMILES string of the molecule is CC1=C2C(=CO[C@H](C)C2C)C(=O)C(C(=O)O)=C1O. The molecule has 0 aromatic rings. The van der Waals surface area contributed by atoms with Gasteiger partial charge in [0.25, 0.3) is 0 Å². The van der Waals surface area contributed by atoms with E-state index in [9.17, 15) is 14.7 Å². The predicted octanol–water partition coefficient (Wildman–Crippen LogP) is 1.72. The molecular weight excluding hydrogens is 236 g/mol. The smallest absolute Gasteiger partial charge is 0.343 e. The van der Waals surface area contributed by atoms with Crippen LogP contribution in [-0.4, -0.2) is 28.1 Å². The second-order valence-corrected chi connectivity index (χ2v) is 4.56. The molecule has 0 saturated carbocycles. The van der Waals surface area contributed by atoms with E-state index in [1.165, 1.54) is 6.26 Å². The number of carbonyl (C=O) groups excluding carboxylic acids is 1. The zero-order valence-corrected chi connectivity index (χ0v) is 10.4. The van der Waals surface area contributed by atoms with E-state index in [1.54, 1.807) is 6.92 Å². The van der Waals surface area contributed by atoms with Crippen LogP contribution in [0.2, 0.25) is 0 Å². The molecule has 0 saturated heterocycles. The lowest BCUT2D eigenvalue weighted by Gasteiger charge is -2.32. The number of aliphatic hydroxyl groups excluding tert-OH is 1. The number of carboxylic acid groups (broad SMARTS) is 1. The molecule has 2 N–H and O–H groups in total. The van der Waals surface area contributed by atoms with Crippen LogP contribution in [0, 0.1) is 5.92 Å². The molecule has 0 fully saturated rings. The molecule has 2 rings (SSSR count). The molecule has 5 nitrogen and oxygen atoms in total. The van der Waals surface area contributed by atoms with Crippen LogP contribution in [0.5, 0.6) is 0 Å². The Morgan fingerprint density at radius 3 is 2.56 bits per heavy atom. The number of ether oxygens (including phenoxy) is 1. The summed E-state index contributed by atoms with van der Waals surface area (Å²) in [6.07, 6.45) is 1.17. The second-order valence-electron chi connectivity index (χ2n) is 4.56. The van der Waals surface area contributed by atoms with Crippen LogP contribution in [0.25, 0.3) is 0 Å². The van der Waals surface area contributed by atoms with Gasteiger partial charge in [0.1, 0.15) is 17.4 Å². The number of hydrogen-bond donors (Lipinski definition) is 2. The fraction of sp³-hybridized carbons (Fsp3) is 0.385. The third-order valence-electron chi connectivity index (χ3n) is 3.53. The molecule has 0 aromatic carbocycles. The average Bonchev–Trinajstić information content (AvgIpc) is 2.29. The van der Waals surface area contributed by atoms with E-state index >= 15 is 0 Å². The molecular formula is C13H14O5. The van der Waals surface area contributed by atoms with E-state index in [4.69, 9.17) is 9.84 Å². The van der Waals surface area contributed by atoms with E-state index in [0.717, 1.165) is 0 Å². The first-order valence-electron chi connectivity index (χ1n) is 5.64. The summed E-state index contributed by atoms with van der Waals surface area (Å²) in [5.74, 6) is -2.64. The van der Waals surface area contributed by atoms with Crippen LogP contribution in [0.4, 0.5) is 0 Å². The quantitative estimate of drug-likeness (QED) is 0.692. The number of aliphatic carboxylic acids is 1. The summed E-state index contributed by atoms with van der Waals surface area (Å²) >= 11 is 0. The standard InChI is InChI=1S/C13H14O5/c1-5-7(3)18-4-8-9(5)6(2)11(14)10(12(8)15)13(16)17/h4-5,7,14H,1-3H3,(H,16,17)/t5?,7-/m1/s1. The van der Waals surface area contributed by atoms with E-state index in [1.807, 2.05) is 13.8 Å². The maximum atomic E-state index is 12.0. The van der Waals surface area contributed by atoms with Crippen LogP contribution in [-0.2, 0) is 14.3 Å². The summed E-state index contributed by atoms with van der Waals surface area (Å²) in [7, 11) is 0. The Hall–Kier alpha value is -2.04. The minimum atomic E-state index is -1.43. The second kappa shape index (κ2) is 4.01. The maximum absolute atomic E-state index is 12.0. The van der Waals surface area contributed by atoms with Crippen LogP contribution >= 0.6 is 0 Å². The van der Waals surface area contributed by atoms with Gasteiger partial charge in [-0.15, -0.1) is 0 Å². The Bertz CT molecular complexity index is 536. The van der Waals surface area contributed by atoms with Crippen LogP contribution < -0.4 is 0 Å². The van der Waals surface area contributed by atoms with Crippen molar-refractivity contribution < 1.29 is 24.5 Å². The number of rotatable bonds is 1. The number of fused-ring (bicyclic) bond motifs is 1. The molecule has 96 valence electrons. The summed E-state index contributed by atoms with van der Waals surface area (Å²) in [6, 6.07) is 0. The van der Waals surface area contributed by atoms with E-state index in [2.05, 4.69) is 0 Å². The van der Waals surface area contributed by atoms with Gasteiger partial charge < -0.3 is 14.9 Å². The average molecular weight is 250 g/mol. The molecule has 0 bridgehead atoms. The molecule has 1 aliphatic heterocycles. The highest BCUT2D eigenvalue weighted by Gasteiger charge is 2.39. The van der Waals surface area contributed by atoms with Crippen molar-refractivity contribution in [2.45, 2.75) is 26.9 Å². The molecule has 2 atom stereocenters. The molecule has 0 radical (unpaired) electrons. The van der Waals surface area contributed by atoms with Crippen LogP contribution in [0.3, 0.4) is 0 Å². The van der Waals surface area contributed by atoms with E-state index in [0.29, 0.717) is 11.1 Å². The number of aliphatic hydroxyl groups is 1. The van der Waals surface area contributed by atoms with Gasteiger partial charge in [-0.1, -0.05) is 6.92 Å². The Labute approximate surface area is 104 Å². The van der Waals surface area contributed by atoms with Gasteiger partial charge in [-0.25, -0.2) is 4.79 Å². The van der Waals surface area contributed by atoms with Gasteiger partial charge in [0, 0.05) is 5.92 Å². The lowest BCUT2D eigenvalue weighted by Crippen LogP contribution is -2.32. The molecule has 1 unspecified atom stereocenters. The van der Waals surface area contributed by atoms with Crippen molar-refractivity contribution in [2.24, 2.45) is 5.92 Å². The minimum absolute atomic E-state index is 0.0774. The Balaban J connectivity index is 2.69. The number of allylic oxidation sites excluding steroid dienone is 2. The van der Waals surface area contributed by atoms with Gasteiger partial charge in [0.05, 0.1) is 11.8 Å². The maximum Gasteiger partial charge on any atom is 0.343 e. The lowest BCUT2D eigenvalue weighted by atomic mass is 9.78. The first-order valence-corrected chi connectivity index (χ1v) is 5.64. The normalized spacial score (nSPS) is 27.7. The first kappa shape index (κ1) is 12.4. The Morgan fingerprint density at radius 2 is 2.00 bits per heavy atom. The van der Waals surface area contributed by atoms with Gasteiger partial charge in [0.2, 0.25) is 5.78 Å². The van der Waals surface area contributed by atoms with E-state index in [-0.39, 0.29) is 17.6 Å². The van der Waals surface area contributed by atoms with Crippen molar-refractivity contribution in [3.05, 3.63) is 34.3 Å². The number of hydrogen-bond acceptors (Lipinski definition) is 4. The number of carboxylic acids is 1. The number of ketones is 1. The third-order valence-corrected chi connectivity index (χ3v) is 3.53. The summed E-state index contributed by atoms with van der Waals surface area (Å²) < 4.78 is 5.33. The zero-order chi connectivity index (χ0) is 13.6. The topological polar surface area (TPSA) is 83.8 Å². The van der Waals surface area contributed by atoms with Crippen molar-refractivity contribution in [1.29, 1.82) is 0 Å². The highest BCUT2D eigenvalue weighted by Crippen LogP contribution is 2.39. The summed E-state index contributed by atoms with van der Waals surface area (Å²) in [5.41, 5.74) is 0.739. The highest BCUT2D eigenvalue weighted by molar-refractivity contribution is 6.26. The molecule has 0 aromatic heterocycles. The highest BCUT2D eigenvalue weighted by atomic mass is 16.5. The Kier molecular flexibility index (Phi) is 2.77. The van der Waals surface area contributed by atoms with Gasteiger partial charge in [-0.2, -0.15) is 0 Å². The van der Waals surface area contributed by atoms with Crippen LogP contribution in [0.15, 0.2) is 34.3 Å². The number of Topliss-reactive ketones (excluding diaryl/α,β-unsaturated/α-hetero) is 1. The fourth-order valence-electron chi connectivity index (χ4n) is 2.31. The van der Waals surface area contributed by atoms with Gasteiger partial charge >= 0.3 is 5.97 Å². The van der Waals surface area contributed by atoms with Crippen molar-refractivity contribution in [2.75, 3.05) is 0 Å². The lowest BCUT2D eigenvalue weighted by molar-refractivity contribution is -0.134. The summed E-state index contributed by atoms with van der Waals surface area (Å²) in [6.45, 7) is 5.35. The molecule has 2 aliphatic rings. The molecule has 1 aliphatic carbocycles. The molecule has 0 amide bonds. The predicted molar refractivity (Wildman–Crippen MR) is 62.8 cm³/mol. The summed E-state index contributed by atoms with van der Waals surface area (Å²) in [4.78, 5) is 23.0. The molecule has 0 spiro atoms. The zero-order valence-electron chi connectivity index (χ0n) is 10.4. The molecule has 18 heavy (non-hydrogen) atoms. The molecule has 1 heterocycles.